The van der Waals surface area contributed by atoms with Gasteiger partial charge in [-0.2, -0.15) is 5.10 Å². The van der Waals surface area contributed by atoms with E-state index in [1.54, 1.807) is 0 Å². The third kappa shape index (κ3) is 2.12. The van der Waals surface area contributed by atoms with E-state index in [9.17, 15) is 0 Å². The van der Waals surface area contributed by atoms with Crippen LogP contribution in [0.3, 0.4) is 0 Å². The Bertz CT molecular complexity index is 802. The monoisotopic (exact) mass is 280 g/mol. The molecule has 0 bridgehead atoms. The summed E-state index contributed by atoms with van der Waals surface area (Å²) >= 11 is 0. The summed E-state index contributed by atoms with van der Waals surface area (Å²) in [5.41, 5.74) is 10.4. The Balaban J connectivity index is 2.31. The van der Waals surface area contributed by atoms with E-state index in [1.807, 2.05) is 23.0 Å². The van der Waals surface area contributed by atoms with Crippen molar-refractivity contribution in [1.82, 2.24) is 14.8 Å². The number of hydrogen-bond acceptors (Lipinski definition) is 3. The number of rotatable bonds is 3. The lowest BCUT2D eigenvalue weighted by Gasteiger charge is -2.10. The maximum Gasteiger partial charge on any atom is 0.161 e. The predicted octanol–water partition coefficient (Wildman–Crippen LogP) is 3.06. The van der Waals surface area contributed by atoms with Gasteiger partial charge in [-0.05, 0) is 36.8 Å². The largest absolute Gasteiger partial charge is 0.326 e. The first kappa shape index (κ1) is 13.8. The van der Waals surface area contributed by atoms with Crippen LogP contribution in [-0.2, 0) is 13.0 Å². The van der Waals surface area contributed by atoms with Gasteiger partial charge in [0.1, 0.15) is 0 Å². The van der Waals surface area contributed by atoms with Crippen LogP contribution in [0.2, 0.25) is 0 Å². The second-order valence-corrected chi connectivity index (χ2v) is 5.27. The number of aryl methyl sites for hydroxylation is 1. The molecule has 4 heteroatoms. The fourth-order valence-corrected chi connectivity index (χ4v) is 2.96. The van der Waals surface area contributed by atoms with Crippen LogP contribution in [0.5, 0.6) is 0 Å². The molecular weight excluding hydrogens is 260 g/mol. The highest BCUT2D eigenvalue weighted by atomic mass is 15.3. The molecule has 0 spiro atoms. The van der Waals surface area contributed by atoms with Gasteiger partial charge in [0.15, 0.2) is 5.82 Å². The molecule has 21 heavy (non-hydrogen) atoms. The SMILES string of the molecule is CCc1c(C)nn(-c2ncc(CN)c3ccccc23)c1C. The summed E-state index contributed by atoms with van der Waals surface area (Å²) in [6.07, 6.45) is 2.84. The topological polar surface area (TPSA) is 56.7 Å². The van der Waals surface area contributed by atoms with Crippen LogP contribution in [0, 0.1) is 13.8 Å². The Morgan fingerprint density at radius 3 is 2.48 bits per heavy atom. The second kappa shape index (κ2) is 5.30. The normalized spacial score (nSPS) is 11.2. The quantitative estimate of drug-likeness (QED) is 0.802. The van der Waals surface area contributed by atoms with Crippen LogP contribution in [0.15, 0.2) is 30.5 Å². The fraction of sp³-hybridized carbons (Fsp3) is 0.294. The molecule has 3 aromatic rings. The Morgan fingerprint density at radius 2 is 1.86 bits per heavy atom. The summed E-state index contributed by atoms with van der Waals surface area (Å²) in [4.78, 5) is 4.62. The van der Waals surface area contributed by atoms with Crippen LogP contribution < -0.4 is 5.73 Å². The average Bonchev–Trinajstić information content (AvgIpc) is 2.80. The zero-order chi connectivity index (χ0) is 15.0. The van der Waals surface area contributed by atoms with Crippen molar-refractivity contribution in [2.45, 2.75) is 33.7 Å². The van der Waals surface area contributed by atoms with Gasteiger partial charge in [0, 0.05) is 23.8 Å². The smallest absolute Gasteiger partial charge is 0.161 e. The summed E-state index contributed by atoms with van der Waals surface area (Å²) in [5.74, 6) is 0.878. The summed E-state index contributed by atoms with van der Waals surface area (Å²) in [7, 11) is 0. The Hall–Kier alpha value is -2.20. The highest BCUT2D eigenvalue weighted by molar-refractivity contribution is 5.91. The maximum absolute atomic E-state index is 5.82. The molecule has 4 nitrogen and oxygen atoms in total. The minimum atomic E-state index is 0.491. The molecular formula is C17H20N4. The maximum atomic E-state index is 5.82. The van der Waals surface area contributed by atoms with E-state index in [0.29, 0.717) is 6.54 Å². The fourth-order valence-electron chi connectivity index (χ4n) is 2.96. The molecule has 2 aromatic heterocycles. The van der Waals surface area contributed by atoms with E-state index in [-0.39, 0.29) is 0 Å². The number of benzene rings is 1. The van der Waals surface area contributed by atoms with E-state index >= 15 is 0 Å². The van der Waals surface area contributed by atoms with Crippen molar-refractivity contribution in [2.75, 3.05) is 0 Å². The van der Waals surface area contributed by atoms with Crippen molar-refractivity contribution in [1.29, 1.82) is 0 Å². The first-order valence-electron chi connectivity index (χ1n) is 7.29. The van der Waals surface area contributed by atoms with Gasteiger partial charge in [0.25, 0.3) is 0 Å². The summed E-state index contributed by atoms with van der Waals surface area (Å²) in [6, 6.07) is 8.23. The standard InChI is InChI=1S/C17H20N4/c1-4-14-11(2)20-21(12(14)3)17-16-8-6-5-7-15(16)13(9-18)10-19-17/h5-8,10H,4,9,18H2,1-3H3. The molecule has 0 radical (unpaired) electrons. The van der Waals surface area contributed by atoms with Crippen molar-refractivity contribution in [3.8, 4) is 5.82 Å². The van der Waals surface area contributed by atoms with Gasteiger partial charge < -0.3 is 5.73 Å². The number of nitrogens with zero attached hydrogens (tertiary/aromatic N) is 3. The molecule has 2 N–H and O–H groups in total. The first-order valence-corrected chi connectivity index (χ1v) is 7.29. The van der Waals surface area contributed by atoms with Crippen molar-refractivity contribution < 1.29 is 0 Å². The minimum absolute atomic E-state index is 0.491. The van der Waals surface area contributed by atoms with Gasteiger partial charge in [-0.3, -0.25) is 0 Å². The lowest BCUT2D eigenvalue weighted by atomic mass is 10.1. The third-order valence-electron chi connectivity index (χ3n) is 4.07. The number of pyridine rings is 1. The summed E-state index contributed by atoms with van der Waals surface area (Å²) in [6.45, 7) is 6.81. The van der Waals surface area contributed by atoms with Crippen molar-refractivity contribution in [2.24, 2.45) is 5.73 Å². The summed E-state index contributed by atoms with van der Waals surface area (Å²) < 4.78 is 1.96. The third-order valence-corrected chi connectivity index (χ3v) is 4.07. The van der Waals surface area contributed by atoms with Crippen LogP contribution >= 0.6 is 0 Å². The lowest BCUT2D eigenvalue weighted by molar-refractivity contribution is 0.811. The highest BCUT2D eigenvalue weighted by Gasteiger charge is 2.15. The summed E-state index contributed by atoms with van der Waals surface area (Å²) in [5, 5.41) is 6.92. The highest BCUT2D eigenvalue weighted by Crippen LogP contribution is 2.25. The van der Waals surface area contributed by atoms with Crippen LogP contribution in [0.4, 0.5) is 0 Å². The lowest BCUT2D eigenvalue weighted by Crippen LogP contribution is -2.06. The van der Waals surface area contributed by atoms with Gasteiger partial charge in [-0.15, -0.1) is 0 Å². The average molecular weight is 280 g/mol. The Labute approximate surface area is 124 Å². The van der Waals surface area contributed by atoms with E-state index in [4.69, 9.17) is 5.73 Å². The van der Waals surface area contributed by atoms with E-state index in [2.05, 4.69) is 43.0 Å². The zero-order valence-corrected chi connectivity index (χ0v) is 12.7. The molecule has 0 aliphatic carbocycles. The van der Waals surface area contributed by atoms with Crippen molar-refractivity contribution >= 4 is 10.8 Å². The molecule has 0 aliphatic heterocycles. The van der Waals surface area contributed by atoms with Gasteiger partial charge >= 0.3 is 0 Å². The zero-order valence-electron chi connectivity index (χ0n) is 12.7. The first-order chi connectivity index (χ1) is 10.2. The molecule has 0 aliphatic rings. The van der Waals surface area contributed by atoms with Crippen molar-refractivity contribution in [3.63, 3.8) is 0 Å². The molecule has 3 rings (SSSR count). The number of aromatic nitrogens is 3. The molecule has 0 saturated carbocycles. The molecule has 0 unspecified atom stereocenters. The van der Waals surface area contributed by atoms with Gasteiger partial charge in [0.2, 0.25) is 0 Å². The van der Waals surface area contributed by atoms with Crippen LogP contribution in [-0.4, -0.2) is 14.8 Å². The predicted molar refractivity (Wildman–Crippen MR) is 85.6 cm³/mol. The van der Waals surface area contributed by atoms with Gasteiger partial charge in [0.05, 0.1) is 5.69 Å². The molecule has 0 amide bonds. The molecule has 1 aromatic carbocycles. The van der Waals surface area contributed by atoms with E-state index in [0.717, 1.165) is 40.0 Å². The van der Waals surface area contributed by atoms with E-state index < -0.39 is 0 Å². The number of hydrogen-bond donors (Lipinski definition) is 1. The van der Waals surface area contributed by atoms with Gasteiger partial charge in [-0.1, -0.05) is 31.2 Å². The molecule has 0 atom stereocenters. The number of fused-ring (bicyclic) bond motifs is 1. The second-order valence-electron chi connectivity index (χ2n) is 5.27. The van der Waals surface area contributed by atoms with Crippen LogP contribution in [0.1, 0.15) is 29.4 Å². The molecule has 0 saturated heterocycles. The molecule has 0 fully saturated rings. The Morgan fingerprint density at radius 1 is 1.14 bits per heavy atom. The van der Waals surface area contributed by atoms with Crippen LogP contribution in [0.25, 0.3) is 16.6 Å². The van der Waals surface area contributed by atoms with Crippen molar-refractivity contribution in [3.05, 3.63) is 53.0 Å². The number of nitrogens with two attached hydrogens (primary N) is 1. The minimum Gasteiger partial charge on any atom is -0.326 e. The molecule has 2 heterocycles. The van der Waals surface area contributed by atoms with Gasteiger partial charge in [-0.25, -0.2) is 9.67 Å². The Kier molecular flexibility index (Phi) is 3.47. The van der Waals surface area contributed by atoms with E-state index in [1.165, 1.54) is 5.56 Å². The molecule has 108 valence electrons.